The molecule has 94 valence electrons. The lowest BCUT2D eigenvalue weighted by atomic mass is 10.2. The molecule has 0 bridgehead atoms. The number of hydrogen-bond acceptors (Lipinski definition) is 3. The predicted molar refractivity (Wildman–Crippen MR) is 73.1 cm³/mol. The molecule has 3 heterocycles. The van der Waals surface area contributed by atoms with E-state index in [2.05, 4.69) is 25.9 Å². The van der Waals surface area contributed by atoms with E-state index >= 15 is 0 Å². The normalized spacial score (nSPS) is 10.8. The Bertz CT molecular complexity index is 768. The second-order valence-electron chi connectivity index (χ2n) is 3.94. The third-order valence-corrected chi connectivity index (χ3v) is 3.35. The molecule has 0 spiro atoms. The molecule has 0 saturated heterocycles. The third kappa shape index (κ3) is 2.00. The average molecular weight is 318 g/mol. The number of rotatable bonds is 2. The summed E-state index contributed by atoms with van der Waals surface area (Å²) in [6.07, 6.45) is 5.10. The van der Waals surface area contributed by atoms with E-state index in [9.17, 15) is 4.79 Å². The van der Waals surface area contributed by atoms with Crippen LogP contribution in [0.4, 0.5) is 0 Å². The molecule has 0 aliphatic rings. The first-order valence-electron chi connectivity index (χ1n) is 5.48. The van der Waals surface area contributed by atoms with Gasteiger partial charge in [0.15, 0.2) is 0 Å². The predicted octanol–water partition coefficient (Wildman–Crippen LogP) is 2.86. The number of aromatic nitrogens is 3. The van der Waals surface area contributed by atoms with Crippen LogP contribution in [0.5, 0.6) is 0 Å². The topological polar surface area (TPSA) is 67.5 Å². The van der Waals surface area contributed by atoms with Gasteiger partial charge in [0.1, 0.15) is 10.4 Å². The molecule has 0 aliphatic heterocycles. The molecule has 0 radical (unpaired) electrons. The van der Waals surface area contributed by atoms with Gasteiger partial charge in [0.25, 0.3) is 0 Å². The number of fused-ring (bicyclic) bond motifs is 1. The zero-order chi connectivity index (χ0) is 13.4. The van der Waals surface area contributed by atoms with Crippen LogP contribution in [0, 0.1) is 0 Å². The lowest BCUT2D eigenvalue weighted by Crippen LogP contribution is -1.98. The van der Waals surface area contributed by atoms with Gasteiger partial charge in [0.05, 0.1) is 11.1 Å². The second-order valence-corrected chi connectivity index (χ2v) is 4.69. The van der Waals surface area contributed by atoms with Crippen molar-refractivity contribution < 1.29 is 9.90 Å². The third-order valence-electron chi connectivity index (χ3n) is 2.77. The van der Waals surface area contributed by atoms with Crippen molar-refractivity contribution >= 4 is 27.4 Å². The fraction of sp³-hybridized carbons (Fsp3) is 0. The molecule has 0 unspecified atom stereocenters. The van der Waals surface area contributed by atoms with Crippen molar-refractivity contribution in [2.45, 2.75) is 0 Å². The van der Waals surface area contributed by atoms with E-state index in [1.54, 1.807) is 30.7 Å². The van der Waals surface area contributed by atoms with Crippen LogP contribution in [0.25, 0.3) is 16.9 Å². The van der Waals surface area contributed by atoms with Crippen LogP contribution >= 0.6 is 15.9 Å². The molecule has 3 aromatic heterocycles. The quantitative estimate of drug-likeness (QED) is 0.789. The van der Waals surface area contributed by atoms with Gasteiger partial charge < -0.3 is 5.11 Å². The van der Waals surface area contributed by atoms with Gasteiger partial charge in [-0.2, -0.15) is 0 Å². The summed E-state index contributed by atoms with van der Waals surface area (Å²) in [5, 5.41) is 9.00. The Labute approximate surface area is 116 Å². The SMILES string of the molecule is O=C(O)c1ccn2c(-c3cccnc3)nc(Br)c2c1. The van der Waals surface area contributed by atoms with E-state index in [-0.39, 0.29) is 5.56 Å². The monoisotopic (exact) mass is 317 g/mol. The molecular weight excluding hydrogens is 310 g/mol. The van der Waals surface area contributed by atoms with Crippen LogP contribution in [0.15, 0.2) is 47.5 Å². The Morgan fingerprint density at radius 2 is 2.21 bits per heavy atom. The molecule has 0 atom stereocenters. The maximum atomic E-state index is 11.0. The van der Waals surface area contributed by atoms with Crippen LogP contribution in [-0.4, -0.2) is 25.4 Å². The number of carboxylic acid groups (broad SMARTS) is 1. The summed E-state index contributed by atoms with van der Waals surface area (Å²) in [6, 6.07) is 6.86. The van der Waals surface area contributed by atoms with Crippen LogP contribution < -0.4 is 0 Å². The maximum absolute atomic E-state index is 11.0. The minimum Gasteiger partial charge on any atom is -0.478 e. The molecule has 3 aromatic rings. The average Bonchev–Trinajstić information content (AvgIpc) is 2.77. The highest BCUT2D eigenvalue weighted by Crippen LogP contribution is 2.26. The summed E-state index contributed by atoms with van der Waals surface area (Å²) in [6.45, 7) is 0. The molecule has 0 aromatic carbocycles. The molecular formula is C13H8BrN3O2. The zero-order valence-electron chi connectivity index (χ0n) is 9.62. The lowest BCUT2D eigenvalue weighted by molar-refractivity contribution is 0.0697. The smallest absolute Gasteiger partial charge is 0.335 e. The Morgan fingerprint density at radius 3 is 2.89 bits per heavy atom. The molecule has 0 fully saturated rings. The van der Waals surface area contributed by atoms with Crippen molar-refractivity contribution in [1.29, 1.82) is 0 Å². The summed E-state index contributed by atoms with van der Waals surface area (Å²) in [5.41, 5.74) is 1.80. The van der Waals surface area contributed by atoms with Crippen molar-refractivity contribution in [1.82, 2.24) is 14.4 Å². The van der Waals surface area contributed by atoms with E-state index in [0.29, 0.717) is 15.9 Å². The first-order chi connectivity index (χ1) is 9.16. The number of carbonyl (C=O) groups is 1. The van der Waals surface area contributed by atoms with E-state index < -0.39 is 5.97 Å². The number of nitrogens with zero attached hydrogens (tertiary/aromatic N) is 3. The molecule has 3 rings (SSSR count). The summed E-state index contributed by atoms with van der Waals surface area (Å²) >= 11 is 3.35. The lowest BCUT2D eigenvalue weighted by Gasteiger charge is -2.01. The summed E-state index contributed by atoms with van der Waals surface area (Å²) in [7, 11) is 0. The van der Waals surface area contributed by atoms with Crippen molar-refractivity contribution in [2.24, 2.45) is 0 Å². The summed E-state index contributed by atoms with van der Waals surface area (Å²) < 4.78 is 2.43. The van der Waals surface area contributed by atoms with Crippen LogP contribution in [0.3, 0.4) is 0 Å². The molecule has 0 saturated carbocycles. The highest BCUT2D eigenvalue weighted by atomic mass is 79.9. The minimum atomic E-state index is -0.960. The van der Waals surface area contributed by atoms with Gasteiger partial charge in [0, 0.05) is 24.2 Å². The minimum absolute atomic E-state index is 0.228. The van der Waals surface area contributed by atoms with Crippen molar-refractivity contribution in [3.63, 3.8) is 0 Å². The van der Waals surface area contributed by atoms with Crippen LogP contribution in [0.1, 0.15) is 10.4 Å². The highest BCUT2D eigenvalue weighted by molar-refractivity contribution is 9.10. The van der Waals surface area contributed by atoms with Crippen molar-refractivity contribution in [3.8, 4) is 11.4 Å². The fourth-order valence-corrected chi connectivity index (χ4v) is 2.35. The molecule has 1 N–H and O–H groups in total. The van der Waals surface area contributed by atoms with E-state index in [4.69, 9.17) is 5.11 Å². The highest BCUT2D eigenvalue weighted by Gasteiger charge is 2.13. The first-order valence-corrected chi connectivity index (χ1v) is 6.27. The maximum Gasteiger partial charge on any atom is 0.335 e. The Kier molecular flexibility index (Phi) is 2.79. The van der Waals surface area contributed by atoms with Crippen LogP contribution in [-0.2, 0) is 0 Å². The molecule has 5 nitrogen and oxygen atoms in total. The number of pyridine rings is 2. The van der Waals surface area contributed by atoms with Gasteiger partial charge in [-0.05, 0) is 40.2 Å². The van der Waals surface area contributed by atoms with Gasteiger partial charge in [-0.25, -0.2) is 9.78 Å². The largest absolute Gasteiger partial charge is 0.478 e. The second kappa shape index (κ2) is 4.47. The first kappa shape index (κ1) is 11.9. The van der Waals surface area contributed by atoms with Crippen LogP contribution in [0.2, 0.25) is 0 Å². The van der Waals surface area contributed by atoms with E-state index in [1.165, 1.54) is 0 Å². The van der Waals surface area contributed by atoms with Gasteiger partial charge in [-0.3, -0.25) is 9.38 Å². The van der Waals surface area contributed by atoms with Gasteiger partial charge in [-0.1, -0.05) is 0 Å². The van der Waals surface area contributed by atoms with Gasteiger partial charge >= 0.3 is 5.97 Å². The summed E-state index contributed by atoms with van der Waals surface area (Å²) in [4.78, 5) is 19.4. The molecule has 0 amide bonds. The fourth-order valence-electron chi connectivity index (χ4n) is 1.88. The Balaban J connectivity index is 2.26. The van der Waals surface area contributed by atoms with E-state index in [1.807, 2.05) is 16.5 Å². The number of hydrogen-bond donors (Lipinski definition) is 1. The number of aromatic carboxylic acids is 1. The number of carboxylic acids is 1. The zero-order valence-corrected chi connectivity index (χ0v) is 11.2. The van der Waals surface area contributed by atoms with Crippen molar-refractivity contribution in [2.75, 3.05) is 0 Å². The molecule has 19 heavy (non-hydrogen) atoms. The van der Waals surface area contributed by atoms with Gasteiger partial charge in [0.2, 0.25) is 0 Å². The Morgan fingerprint density at radius 1 is 1.37 bits per heavy atom. The van der Waals surface area contributed by atoms with E-state index in [0.717, 1.165) is 5.56 Å². The molecule has 0 aliphatic carbocycles. The standard InChI is InChI=1S/C13H8BrN3O2/c14-11-10-6-8(13(18)19)3-5-17(10)12(16-11)9-2-1-4-15-7-9/h1-7H,(H,18,19). The Hall–Kier alpha value is -2.21. The molecule has 6 heteroatoms. The summed E-state index contributed by atoms with van der Waals surface area (Å²) in [5.74, 6) is -0.245. The number of imidazole rings is 1. The number of halogens is 1. The van der Waals surface area contributed by atoms with Gasteiger partial charge in [-0.15, -0.1) is 0 Å². The van der Waals surface area contributed by atoms with Crippen molar-refractivity contribution in [3.05, 3.63) is 53.0 Å².